The molecule has 0 saturated carbocycles. The minimum Gasteiger partial charge on any atom is -0.471 e. The summed E-state index contributed by atoms with van der Waals surface area (Å²) < 4.78 is 8.33. The van der Waals surface area contributed by atoms with Crippen LogP contribution in [0.5, 0.6) is 5.75 Å². The first-order valence-corrected chi connectivity index (χ1v) is 10.9. The first-order valence-electron chi connectivity index (χ1n) is 9.75. The van der Waals surface area contributed by atoms with Gasteiger partial charge in [0.05, 0.1) is 0 Å². The van der Waals surface area contributed by atoms with E-state index < -0.39 is 0 Å². The van der Waals surface area contributed by atoms with Crippen LogP contribution < -0.4 is 4.74 Å². The van der Waals surface area contributed by atoms with Gasteiger partial charge in [-0.3, -0.25) is 9.69 Å². The Bertz CT molecular complexity index is 1000. The molecule has 0 N–H and O–H groups in total. The van der Waals surface area contributed by atoms with E-state index in [1.165, 1.54) is 5.56 Å². The van der Waals surface area contributed by atoms with Crippen LogP contribution in [0.15, 0.2) is 65.3 Å². The van der Waals surface area contributed by atoms with Crippen LogP contribution in [0.3, 0.4) is 0 Å². The number of benzene rings is 2. The van der Waals surface area contributed by atoms with E-state index in [1.807, 2.05) is 47.4 Å². The molecule has 1 amide bonds. The first-order chi connectivity index (χ1) is 14.6. The normalized spacial score (nSPS) is 14.7. The monoisotopic (exact) mass is 488 g/mol. The first kappa shape index (κ1) is 20.9. The number of halogens is 2. The van der Waals surface area contributed by atoms with Gasteiger partial charge in [-0.05, 0) is 48.0 Å². The van der Waals surface area contributed by atoms with E-state index in [9.17, 15) is 4.79 Å². The van der Waals surface area contributed by atoms with Crippen molar-refractivity contribution in [2.45, 2.75) is 13.3 Å². The van der Waals surface area contributed by atoms with Gasteiger partial charge in [0.1, 0.15) is 5.75 Å². The fourth-order valence-electron chi connectivity index (χ4n) is 3.38. The lowest BCUT2D eigenvalue weighted by Crippen LogP contribution is -2.48. The van der Waals surface area contributed by atoms with Gasteiger partial charge < -0.3 is 9.64 Å². The van der Waals surface area contributed by atoms with Gasteiger partial charge in [-0.25, -0.2) is 4.68 Å². The Labute approximate surface area is 189 Å². The zero-order chi connectivity index (χ0) is 20.9. The molecule has 30 heavy (non-hydrogen) atoms. The number of nitrogens with zero attached hydrogens (tertiary/aromatic N) is 4. The number of aromatic nitrogens is 2. The summed E-state index contributed by atoms with van der Waals surface area (Å²) in [5.41, 5.74) is 1.63. The van der Waals surface area contributed by atoms with Gasteiger partial charge in [-0.15, -0.1) is 0 Å². The van der Waals surface area contributed by atoms with Crippen molar-refractivity contribution < 1.29 is 9.53 Å². The van der Waals surface area contributed by atoms with E-state index in [2.05, 4.69) is 32.0 Å². The van der Waals surface area contributed by atoms with Gasteiger partial charge in [-0.1, -0.05) is 39.7 Å². The maximum absolute atomic E-state index is 12.8. The lowest BCUT2D eigenvalue weighted by molar-refractivity contribution is 0.0621. The van der Waals surface area contributed by atoms with Gasteiger partial charge in [0.2, 0.25) is 0 Å². The van der Waals surface area contributed by atoms with Gasteiger partial charge >= 0.3 is 0 Å². The van der Waals surface area contributed by atoms with Crippen LogP contribution in [0.1, 0.15) is 16.1 Å². The number of piperazine rings is 1. The highest BCUT2D eigenvalue weighted by molar-refractivity contribution is 9.10. The minimum absolute atomic E-state index is 0.0419. The van der Waals surface area contributed by atoms with E-state index in [0.717, 1.165) is 34.9 Å². The quantitative estimate of drug-likeness (QED) is 0.518. The average molecular weight is 490 g/mol. The Hall–Kier alpha value is -2.35. The molecule has 2 heterocycles. The second-order valence-corrected chi connectivity index (χ2v) is 8.52. The SMILES string of the molecule is O=C(c1ccn(COc2ccc(Br)cc2)n1)N1CCN(Cc2cccc(Cl)c2)CC1. The van der Waals surface area contributed by atoms with E-state index in [-0.39, 0.29) is 12.6 Å². The molecule has 0 atom stereocenters. The summed E-state index contributed by atoms with van der Waals surface area (Å²) in [6.07, 6.45) is 1.77. The second kappa shape index (κ2) is 9.64. The van der Waals surface area contributed by atoms with Crippen molar-refractivity contribution >= 4 is 33.4 Å². The Balaban J connectivity index is 1.27. The van der Waals surface area contributed by atoms with Crippen LogP contribution in [-0.4, -0.2) is 51.7 Å². The molecule has 1 aliphatic rings. The van der Waals surface area contributed by atoms with Gasteiger partial charge in [0, 0.05) is 48.4 Å². The summed E-state index contributed by atoms with van der Waals surface area (Å²) in [5.74, 6) is 0.706. The Morgan fingerprint density at radius 1 is 1.07 bits per heavy atom. The predicted octanol–water partition coefficient (Wildman–Crippen LogP) is 4.29. The van der Waals surface area contributed by atoms with E-state index in [1.54, 1.807) is 16.9 Å². The van der Waals surface area contributed by atoms with Gasteiger partial charge in [0.15, 0.2) is 12.4 Å². The number of amides is 1. The summed E-state index contributed by atoms with van der Waals surface area (Å²) in [6, 6.07) is 17.2. The van der Waals surface area contributed by atoms with Crippen LogP contribution in [0.25, 0.3) is 0 Å². The van der Waals surface area contributed by atoms with Crippen LogP contribution in [0, 0.1) is 0 Å². The minimum atomic E-state index is -0.0419. The van der Waals surface area contributed by atoms with Crippen molar-refractivity contribution in [1.29, 1.82) is 0 Å². The molecule has 8 heteroatoms. The van der Waals surface area contributed by atoms with Crippen LogP contribution in [0.4, 0.5) is 0 Å². The Morgan fingerprint density at radius 2 is 1.83 bits per heavy atom. The zero-order valence-electron chi connectivity index (χ0n) is 16.4. The molecule has 0 spiro atoms. The molecule has 3 aromatic rings. The van der Waals surface area contributed by atoms with E-state index in [4.69, 9.17) is 16.3 Å². The predicted molar refractivity (Wildman–Crippen MR) is 120 cm³/mol. The smallest absolute Gasteiger partial charge is 0.274 e. The molecule has 1 saturated heterocycles. The highest BCUT2D eigenvalue weighted by Gasteiger charge is 2.23. The molecule has 1 fully saturated rings. The maximum atomic E-state index is 12.8. The molecule has 6 nitrogen and oxygen atoms in total. The number of hydrogen-bond donors (Lipinski definition) is 0. The maximum Gasteiger partial charge on any atom is 0.274 e. The van der Waals surface area contributed by atoms with Crippen molar-refractivity contribution in [1.82, 2.24) is 19.6 Å². The third-order valence-electron chi connectivity index (χ3n) is 4.99. The molecule has 1 aromatic heterocycles. The molecule has 0 aliphatic carbocycles. The topological polar surface area (TPSA) is 50.6 Å². The fraction of sp³-hybridized carbons (Fsp3) is 0.273. The highest BCUT2D eigenvalue weighted by atomic mass is 79.9. The van der Waals surface area contributed by atoms with E-state index >= 15 is 0 Å². The number of rotatable bonds is 6. The van der Waals surface area contributed by atoms with Crippen molar-refractivity contribution in [3.8, 4) is 5.75 Å². The van der Waals surface area contributed by atoms with Crippen LogP contribution in [-0.2, 0) is 13.3 Å². The Morgan fingerprint density at radius 3 is 2.57 bits per heavy atom. The number of ether oxygens (including phenoxy) is 1. The Kier molecular flexibility index (Phi) is 6.72. The largest absolute Gasteiger partial charge is 0.471 e. The highest BCUT2D eigenvalue weighted by Crippen LogP contribution is 2.17. The van der Waals surface area contributed by atoms with Gasteiger partial charge in [0.25, 0.3) is 5.91 Å². The summed E-state index contributed by atoms with van der Waals surface area (Å²) in [4.78, 5) is 17.0. The van der Waals surface area contributed by atoms with Crippen molar-refractivity contribution in [2.75, 3.05) is 26.2 Å². The molecular weight excluding hydrogens is 468 g/mol. The number of carbonyl (C=O) groups excluding carboxylic acids is 1. The fourth-order valence-corrected chi connectivity index (χ4v) is 3.86. The molecule has 4 rings (SSSR count). The van der Waals surface area contributed by atoms with Crippen molar-refractivity contribution in [3.63, 3.8) is 0 Å². The zero-order valence-corrected chi connectivity index (χ0v) is 18.7. The molecule has 2 aromatic carbocycles. The average Bonchev–Trinajstić information content (AvgIpc) is 3.22. The molecule has 156 valence electrons. The lowest BCUT2D eigenvalue weighted by atomic mass is 10.2. The molecule has 0 unspecified atom stereocenters. The molecular formula is C22H22BrClN4O2. The summed E-state index contributed by atoms with van der Waals surface area (Å²) in [6.45, 7) is 4.10. The summed E-state index contributed by atoms with van der Waals surface area (Å²) in [7, 11) is 0. The third kappa shape index (κ3) is 5.41. The van der Waals surface area contributed by atoms with Gasteiger partial charge in [-0.2, -0.15) is 5.10 Å². The lowest BCUT2D eigenvalue weighted by Gasteiger charge is -2.34. The van der Waals surface area contributed by atoms with Crippen LogP contribution in [0.2, 0.25) is 5.02 Å². The summed E-state index contributed by atoms with van der Waals surface area (Å²) >= 11 is 9.47. The number of carbonyl (C=O) groups is 1. The van der Waals surface area contributed by atoms with Crippen LogP contribution >= 0.6 is 27.5 Å². The standard InChI is InChI=1S/C22H22BrClN4O2/c23-18-4-6-20(7-5-18)30-16-28-9-8-21(25-28)22(29)27-12-10-26(11-13-27)15-17-2-1-3-19(24)14-17/h1-9,14H,10-13,15-16H2. The molecule has 0 radical (unpaired) electrons. The van der Waals surface area contributed by atoms with Crippen molar-refractivity contribution in [2.24, 2.45) is 0 Å². The molecule has 1 aliphatic heterocycles. The number of hydrogen-bond acceptors (Lipinski definition) is 4. The molecule has 0 bridgehead atoms. The second-order valence-electron chi connectivity index (χ2n) is 7.17. The third-order valence-corrected chi connectivity index (χ3v) is 5.76. The van der Waals surface area contributed by atoms with Crippen molar-refractivity contribution in [3.05, 3.63) is 81.5 Å². The summed E-state index contributed by atoms with van der Waals surface area (Å²) in [5, 5.41) is 5.13. The van der Waals surface area contributed by atoms with E-state index in [0.29, 0.717) is 18.8 Å².